The minimum absolute atomic E-state index is 0.0114. The molecule has 1 heterocycles. The summed E-state index contributed by atoms with van der Waals surface area (Å²) in [4.78, 5) is 24.0. The van der Waals surface area contributed by atoms with Crippen molar-refractivity contribution in [2.24, 2.45) is 0 Å². The van der Waals surface area contributed by atoms with Crippen LogP contribution in [0.4, 0.5) is 0 Å². The van der Waals surface area contributed by atoms with Gasteiger partial charge in [-0.05, 0) is 38.5 Å². The molecule has 1 aliphatic heterocycles. The van der Waals surface area contributed by atoms with Gasteiger partial charge in [0.25, 0.3) is 5.91 Å². The average Bonchev–Trinajstić information content (AvgIpc) is 2.68. The molecule has 1 aromatic carbocycles. The van der Waals surface area contributed by atoms with Gasteiger partial charge in [0.1, 0.15) is 0 Å². The van der Waals surface area contributed by atoms with Crippen LogP contribution in [0.15, 0.2) is 29.2 Å². The molecule has 1 aromatic rings. The molecule has 1 N–H and O–H groups in total. The fraction of sp³-hybridized carbons (Fsp3) is 0.600. The summed E-state index contributed by atoms with van der Waals surface area (Å²) in [7, 11) is -3.77. The zero-order valence-corrected chi connectivity index (χ0v) is 18.0. The number of hydrogen-bond donors (Lipinski definition) is 1. The number of ether oxygens (including phenoxy) is 2. The minimum Gasteiger partial charge on any atom is -0.452 e. The lowest BCUT2D eigenvalue weighted by Gasteiger charge is -2.34. The maximum atomic E-state index is 12.9. The number of carbonyl (C=O) groups excluding carboxylic acids is 2. The number of carbonyl (C=O) groups is 2. The van der Waals surface area contributed by atoms with Gasteiger partial charge >= 0.3 is 5.97 Å². The van der Waals surface area contributed by atoms with E-state index >= 15 is 0 Å². The van der Waals surface area contributed by atoms with E-state index in [1.54, 1.807) is 0 Å². The highest BCUT2D eigenvalue weighted by atomic mass is 32.2. The zero-order valence-electron chi connectivity index (χ0n) is 17.2. The standard InChI is InChI=1S/C20H30N2O6S/c1-4-5-6-10-21-19(23)14-27-20(24)17-8-7-9-18(11-17)29(25,26)22-12-15(2)28-16(3)13-22/h7-9,11,15-16H,4-6,10,12-14H2,1-3H3,(H,21,23)/t15-,16-/m0/s1. The number of morpholine rings is 1. The van der Waals surface area contributed by atoms with Gasteiger partial charge in [0, 0.05) is 19.6 Å². The van der Waals surface area contributed by atoms with E-state index < -0.39 is 22.6 Å². The van der Waals surface area contributed by atoms with Crippen LogP contribution in [0.1, 0.15) is 50.4 Å². The second-order valence-corrected chi connectivity index (χ2v) is 9.18. The van der Waals surface area contributed by atoms with E-state index in [1.807, 2.05) is 13.8 Å². The molecule has 1 aliphatic rings. The molecule has 0 unspecified atom stereocenters. The maximum absolute atomic E-state index is 12.9. The second-order valence-electron chi connectivity index (χ2n) is 7.24. The first-order chi connectivity index (χ1) is 13.7. The van der Waals surface area contributed by atoms with Crippen LogP contribution in [-0.4, -0.2) is 63.0 Å². The molecule has 9 heteroatoms. The van der Waals surface area contributed by atoms with Crippen LogP contribution in [-0.2, 0) is 24.3 Å². The number of benzene rings is 1. The van der Waals surface area contributed by atoms with Crippen LogP contribution in [0.3, 0.4) is 0 Å². The summed E-state index contributed by atoms with van der Waals surface area (Å²) in [5.41, 5.74) is 0.0826. The molecule has 29 heavy (non-hydrogen) atoms. The lowest BCUT2D eigenvalue weighted by molar-refractivity contribution is -0.124. The molecule has 162 valence electrons. The number of unbranched alkanes of at least 4 members (excludes halogenated alkanes) is 2. The predicted octanol–water partition coefficient (Wildman–Crippen LogP) is 1.95. The van der Waals surface area contributed by atoms with Crippen molar-refractivity contribution in [3.8, 4) is 0 Å². The van der Waals surface area contributed by atoms with Crippen molar-refractivity contribution in [1.29, 1.82) is 0 Å². The molecule has 1 fully saturated rings. The van der Waals surface area contributed by atoms with Crippen LogP contribution >= 0.6 is 0 Å². The van der Waals surface area contributed by atoms with Crippen molar-refractivity contribution < 1.29 is 27.5 Å². The lowest BCUT2D eigenvalue weighted by Crippen LogP contribution is -2.48. The number of amides is 1. The first-order valence-corrected chi connectivity index (χ1v) is 11.4. The van der Waals surface area contributed by atoms with Gasteiger partial charge in [0.05, 0.1) is 22.7 Å². The molecule has 0 aliphatic carbocycles. The molecule has 0 radical (unpaired) electrons. The third kappa shape index (κ3) is 6.80. The summed E-state index contributed by atoms with van der Waals surface area (Å²) < 4.78 is 37.9. The van der Waals surface area contributed by atoms with Gasteiger partial charge in [-0.1, -0.05) is 25.8 Å². The van der Waals surface area contributed by atoms with E-state index in [0.29, 0.717) is 6.54 Å². The van der Waals surface area contributed by atoms with E-state index in [2.05, 4.69) is 12.2 Å². The molecule has 0 aromatic heterocycles. The Balaban J connectivity index is 1.99. The van der Waals surface area contributed by atoms with Crippen molar-refractivity contribution in [1.82, 2.24) is 9.62 Å². The van der Waals surface area contributed by atoms with Crippen molar-refractivity contribution in [3.63, 3.8) is 0 Å². The van der Waals surface area contributed by atoms with Crippen LogP contribution in [0.25, 0.3) is 0 Å². The Morgan fingerprint density at radius 1 is 1.21 bits per heavy atom. The number of esters is 1. The van der Waals surface area contributed by atoms with Crippen molar-refractivity contribution in [2.75, 3.05) is 26.2 Å². The van der Waals surface area contributed by atoms with E-state index in [9.17, 15) is 18.0 Å². The molecule has 1 amide bonds. The summed E-state index contributed by atoms with van der Waals surface area (Å²) in [5, 5.41) is 2.68. The Hall–Kier alpha value is -1.97. The fourth-order valence-electron chi connectivity index (χ4n) is 3.13. The Morgan fingerprint density at radius 3 is 2.55 bits per heavy atom. The molecular weight excluding hydrogens is 396 g/mol. The monoisotopic (exact) mass is 426 g/mol. The second kappa shape index (κ2) is 10.7. The molecule has 0 saturated carbocycles. The van der Waals surface area contributed by atoms with Crippen LogP contribution in [0, 0.1) is 0 Å². The molecule has 2 atom stereocenters. The number of nitrogens with zero attached hydrogens (tertiary/aromatic N) is 1. The van der Waals surface area contributed by atoms with Crippen LogP contribution in [0.5, 0.6) is 0 Å². The first kappa shape index (κ1) is 23.3. The third-order valence-corrected chi connectivity index (χ3v) is 6.36. The fourth-order valence-corrected chi connectivity index (χ4v) is 4.76. The van der Waals surface area contributed by atoms with Gasteiger partial charge < -0.3 is 14.8 Å². The Kier molecular flexibility index (Phi) is 8.60. The van der Waals surface area contributed by atoms with E-state index in [4.69, 9.17) is 9.47 Å². The lowest BCUT2D eigenvalue weighted by atomic mass is 10.2. The molecule has 8 nitrogen and oxygen atoms in total. The summed E-state index contributed by atoms with van der Waals surface area (Å²) in [6, 6.07) is 5.67. The quantitative estimate of drug-likeness (QED) is 0.478. The smallest absolute Gasteiger partial charge is 0.338 e. The average molecular weight is 427 g/mol. The topological polar surface area (TPSA) is 102 Å². The van der Waals surface area contributed by atoms with Crippen molar-refractivity contribution in [2.45, 2.75) is 57.1 Å². The summed E-state index contributed by atoms with van der Waals surface area (Å²) >= 11 is 0. The van der Waals surface area contributed by atoms with Crippen molar-refractivity contribution in [3.05, 3.63) is 29.8 Å². The van der Waals surface area contributed by atoms with Crippen LogP contribution < -0.4 is 5.32 Å². The predicted molar refractivity (Wildman–Crippen MR) is 108 cm³/mol. The minimum atomic E-state index is -3.77. The summed E-state index contributed by atoms with van der Waals surface area (Å²) in [6.07, 6.45) is 2.51. The molecule has 2 rings (SSSR count). The van der Waals surface area contributed by atoms with Gasteiger partial charge in [0.2, 0.25) is 10.0 Å². The van der Waals surface area contributed by atoms with Gasteiger partial charge in [0.15, 0.2) is 6.61 Å². The van der Waals surface area contributed by atoms with Gasteiger partial charge in [-0.25, -0.2) is 13.2 Å². The highest BCUT2D eigenvalue weighted by molar-refractivity contribution is 7.89. The Bertz CT molecular complexity index is 801. The molecule has 0 bridgehead atoms. The van der Waals surface area contributed by atoms with Crippen molar-refractivity contribution >= 4 is 21.9 Å². The molecular formula is C20H30N2O6S. The van der Waals surface area contributed by atoms with Gasteiger partial charge in [-0.2, -0.15) is 4.31 Å². The SMILES string of the molecule is CCCCCNC(=O)COC(=O)c1cccc(S(=O)(=O)N2C[C@H](C)O[C@@H](C)C2)c1. The van der Waals surface area contributed by atoms with Gasteiger partial charge in [-0.3, -0.25) is 4.79 Å². The number of nitrogens with one attached hydrogen (secondary N) is 1. The van der Waals surface area contributed by atoms with E-state index in [1.165, 1.54) is 28.6 Å². The Morgan fingerprint density at radius 2 is 1.90 bits per heavy atom. The first-order valence-electron chi connectivity index (χ1n) is 9.93. The number of hydrogen-bond acceptors (Lipinski definition) is 6. The molecule has 1 saturated heterocycles. The number of sulfonamides is 1. The Labute approximate surface area is 172 Å². The third-order valence-electron chi connectivity index (χ3n) is 4.53. The van der Waals surface area contributed by atoms with Gasteiger partial charge in [-0.15, -0.1) is 0 Å². The van der Waals surface area contributed by atoms with E-state index in [-0.39, 0.29) is 41.7 Å². The largest absolute Gasteiger partial charge is 0.452 e. The normalized spacial score (nSPS) is 20.2. The maximum Gasteiger partial charge on any atom is 0.338 e. The highest BCUT2D eigenvalue weighted by Gasteiger charge is 2.32. The van der Waals surface area contributed by atoms with E-state index in [0.717, 1.165) is 19.3 Å². The van der Waals surface area contributed by atoms with Crippen LogP contribution in [0.2, 0.25) is 0 Å². The highest BCUT2D eigenvalue weighted by Crippen LogP contribution is 2.22. The summed E-state index contributed by atoms with van der Waals surface area (Å²) in [6.45, 7) is 6.34. The number of rotatable bonds is 9. The zero-order chi connectivity index (χ0) is 21.4. The molecule has 0 spiro atoms. The summed E-state index contributed by atoms with van der Waals surface area (Å²) in [5.74, 6) is -1.12.